The Morgan fingerprint density at radius 2 is 2.06 bits per heavy atom. The van der Waals surface area contributed by atoms with Crippen molar-refractivity contribution < 1.29 is 13.9 Å². The van der Waals surface area contributed by atoms with Crippen molar-refractivity contribution in [2.24, 2.45) is 11.1 Å². The molecule has 0 radical (unpaired) electrons. The third-order valence-corrected chi connectivity index (χ3v) is 8.34. The number of anilines is 2. The number of rotatable bonds is 5. The maximum absolute atomic E-state index is 14.7. The second-order valence-corrected chi connectivity index (χ2v) is 10.5. The van der Waals surface area contributed by atoms with Crippen LogP contribution in [0.2, 0.25) is 0 Å². The van der Waals surface area contributed by atoms with Gasteiger partial charge in [0.25, 0.3) is 0 Å². The lowest BCUT2D eigenvalue weighted by atomic mass is 9.95. The van der Waals surface area contributed by atoms with Crippen LogP contribution in [0.5, 0.6) is 0 Å². The first kappa shape index (κ1) is 23.1. The second kappa shape index (κ2) is 8.38. The van der Waals surface area contributed by atoms with Gasteiger partial charge in [0.1, 0.15) is 23.2 Å². The number of nitrogens with two attached hydrogens (primary N) is 2. The summed E-state index contributed by atoms with van der Waals surface area (Å²) >= 11 is 0. The zero-order valence-electron chi connectivity index (χ0n) is 20.3. The topological polar surface area (TPSA) is 137 Å². The molecule has 6 rings (SSSR count). The number of nitrogen functional groups attached to an aromatic ring is 1. The number of halogens is 1. The van der Waals surface area contributed by atoms with Gasteiger partial charge in [-0.05, 0) is 55.7 Å². The number of imidazole rings is 1. The number of nitrogens with one attached hydrogen (secondary N) is 1. The highest BCUT2D eigenvalue weighted by Gasteiger charge is 2.56. The molecule has 1 spiro atoms. The fourth-order valence-electron chi connectivity index (χ4n) is 5.80. The first-order valence-electron chi connectivity index (χ1n) is 12.4. The first-order chi connectivity index (χ1) is 17.3. The van der Waals surface area contributed by atoms with Gasteiger partial charge in [-0.1, -0.05) is 0 Å². The minimum atomic E-state index is -1.00. The second-order valence-electron chi connectivity index (χ2n) is 10.5. The molecule has 11 heteroatoms. The molecule has 1 unspecified atom stereocenters. The predicted octanol–water partition coefficient (Wildman–Crippen LogP) is 1.50. The predicted molar refractivity (Wildman–Crippen MR) is 133 cm³/mol. The van der Waals surface area contributed by atoms with Gasteiger partial charge in [-0.3, -0.25) is 4.79 Å². The van der Waals surface area contributed by atoms with E-state index in [1.54, 1.807) is 19.3 Å². The van der Waals surface area contributed by atoms with Crippen molar-refractivity contribution in [3.05, 3.63) is 41.7 Å². The van der Waals surface area contributed by atoms with Crippen molar-refractivity contribution in [2.45, 2.75) is 50.7 Å². The van der Waals surface area contributed by atoms with Crippen molar-refractivity contribution in [3.63, 3.8) is 0 Å². The molecular weight excluding hydrogens is 463 g/mol. The number of benzene rings is 1. The molecule has 1 aliphatic carbocycles. The molecule has 36 heavy (non-hydrogen) atoms. The van der Waals surface area contributed by atoms with Crippen molar-refractivity contribution in [1.29, 1.82) is 0 Å². The summed E-state index contributed by atoms with van der Waals surface area (Å²) in [6, 6.07) is 3.41. The van der Waals surface area contributed by atoms with Crippen molar-refractivity contribution in [2.75, 3.05) is 36.9 Å². The maximum atomic E-state index is 14.7. The highest BCUT2D eigenvalue weighted by atomic mass is 19.1. The Labute approximate surface area is 208 Å². The molecule has 2 saturated heterocycles. The Morgan fingerprint density at radius 3 is 2.86 bits per heavy atom. The summed E-state index contributed by atoms with van der Waals surface area (Å²) in [6.07, 6.45) is 6.52. The maximum Gasteiger partial charge on any atom is 0.242 e. The number of fused-ring (bicyclic) bond motifs is 1. The number of carbonyl (C=O) groups is 1. The summed E-state index contributed by atoms with van der Waals surface area (Å²) in [5, 5.41) is 3.22. The van der Waals surface area contributed by atoms with Gasteiger partial charge >= 0.3 is 0 Å². The number of ether oxygens (including phenoxy) is 1. The molecule has 190 valence electrons. The lowest BCUT2D eigenvalue weighted by Gasteiger charge is -2.28. The molecule has 1 saturated carbocycles. The minimum Gasteiger partial charge on any atom is -0.382 e. The molecule has 3 aliphatic rings. The van der Waals surface area contributed by atoms with Gasteiger partial charge in [0, 0.05) is 43.6 Å². The van der Waals surface area contributed by atoms with E-state index in [2.05, 4.69) is 25.2 Å². The van der Waals surface area contributed by atoms with Crippen molar-refractivity contribution in [1.82, 2.24) is 24.8 Å². The van der Waals surface area contributed by atoms with Crippen LogP contribution in [0.25, 0.3) is 11.2 Å². The summed E-state index contributed by atoms with van der Waals surface area (Å²) in [4.78, 5) is 28.0. The molecule has 4 heterocycles. The average molecular weight is 495 g/mol. The molecule has 10 nitrogen and oxygen atoms in total. The van der Waals surface area contributed by atoms with Crippen LogP contribution < -0.4 is 21.7 Å². The lowest BCUT2D eigenvalue weighted by Crippen LogP contribution is -2.56. The molecule has 1 aromatic carbocycles. The molecule has 3 fully saturated rings. The lowest BCUT2D eigenvalue weighted by molar-refractivity contribution is -0.126. The number of nitrogens with zero attached hydrogens (tertiary/aromatic N) is 5. The van der Waals surface area contributed by atoms with Crippen molar-refractivity contribution in [3.8, 4) is 0 Å². The van der Waals surface area contributed by atoms with Gasteiger partial charge in [0.15, 0.2) is 11.5 Å². The SMILES string of the molecule is Cc1c(F)ccc(N2CC[C@](N)(C(=O)NC3CC34CCOCC4)C2)c1Cn1cnc2c(N)ncnc21. The largest absolute Gasteiger partial charge is 0.382 e. The van der Waals surface area contributed by atoms with E-state index >= 15 is 0 Å². The monoisotopic (exact) mass is 494 g/mol. The van der Waals surface area contributed by atoms with Crippen LogP contribution in [0, 0.1) is 18.2 Å². The van der Waals surface area contributed by atoms with Gasteiger partial charge in [0.2, 0.25) is 5.91 Å². The standard InChI is InChI=1S/C25H31FN8O2/c1-15-16(11-34-14-31-20-21(27)29-13-30-22(20)34)18(3-2-17(15)26)33-7-4-25(28,12-33)23(35)32-19-10-24(19)5-8-36-9-6-24/h2-3,13-14,19H,4-12,28H2,1H3,(H,32,35)(H2,27,29,30)/t19?,25-/m1/s1. The highest BCUT2D eigenvalue weighted by molar-refractivity contribution is 5.88. The Kier molecular flexibility index (Phi) is 5.38. The fraction of sp³-hybridized carbons (Fsp3) is 0.520. The minimum absolute atomic E-state index is 0.105. The summed E-state index contributed by atoms with van der Waals surface area (Å²) in [5.74, 6) is -0.100. The van der Waals surface area contributed by atoms with E-state index in [9.17, 15) is 9.18 Å². The number of amides is 1. The number of hydrogen-bond donors (Lipinski definition) is 3. The number of aromatic nitrogens is 4. The summed E-state index contributed by atoms with van der Waals surface area (Å²) in [5.41, 5.74) is 15.1. The third kappa shape index (κ3) is 3.77. The quantitative estimate of drug-likeness (QED) is 0.485. The molecule has 5 N–H and O–H groups in total. The van der Waals surface area contributed by atoms with Gasteiger partial charge in [0.05, 0.1) is 12.9 Å². The molecule has 2 atom stereocenters. The molecule has 3 aromatic rings. The van der Waals surface area contributed by atoms with E-state index in [-0.39, 0.29) is 23.2 Å². The first-order valence-corrected chi connectivity index (χ1v) is 12.4. The van der Waals surface area contributed by atoms with Gasteiger partial charge in [-0.2, -0.15) is 0 Å². The Bertz CT molecular complexity index is 1340. The molecule has 0 bridgehead atoms. The normalized spacial score (nSPS) is 25.0. The Balaban J connectivity index is 1.23. The number of carbonyl (C=O) groups excluding carboxylic acids is 1. The zero-order valence-corrected chi connectivity index (χ0v) is 20.3. The van der Waals surface area contributed by atoms with Crippen LogP contribution in [-0.4, -0.2) is 63.3 Å². The fourth-order valence-corrected chi connectivity index (χ4v) is 5.80. The van der Waals surface area contributed by atoms with E-state index in [4.69, 9.17) is 16.2 Å². The van der Waals surface area contributed by atoms with Crippen LogP contribution in [0.4, 0.5) is 15.9 Å². The molecule has 2 aromatic heterocycles. The average Bonchev–Trinajstić information content (AvgIpc) is 3.19. The zero-order chi connectivity index (χ0) is 25.1. The van der Waals surface area contributed by atoms with E-state index < -0.39 is 5.54 Å². The Hall–Kier alpha value is -3.31. The van der Waals surface area contributed by atoms with Crippen LogP contribution >= 0.6 is 0 Å². The van der Waals surface area contributed by atoms with Crippen LogP contribution in [0.1, 0.15) is 36.8 Å². The van der Waals surface area contributed by atoms with Crippen molar-refractivity contribution >= 4 is 28.6 Å². The summed E-state index contributed by atoms with van der Waals surface area (Å²) < 4.78 is 22.0. The Morgan fingerprint density at radius 1 is 1.25 bits per heavy atom. The van der Waals surface area contributed by atoms with E-state index in [0.29, 0.717) is 48.6 Å². The summed E-state index contributed by atoms with van der Waals surface area (Å²) in [6.45, 7) is 4.58. The van der Waals surface area contributed by atoms with E-state index in [1.807, 2.05) is 4.57 Å². The molecular formula is C25H31FN8O2. The highest BCUT2D eigenvalue weighted by Crippen LogP contribution is 2.53. The third-order valence-electron chi connectivity index (χ3n) is 8.34. The summed E-state index contributed by atoms with van der Waals surface area (Å²) in [7, 11) is 0. The smallest absolute Gasteiger partial charge is 0.242 e. The van der Waals surface area contributed by atoms with Gasteiger partial charge < -0.3 is 31.0 Å². The van der Waals surface area contributed by atoms with Crippen LogP contribution in [0.3, 0.4) is 0 Å². The van der Waals surface area contributed by atoms with Gasteiger partial charge in [-0.25, -0.2) is 19.3 Å². The van der Waals surface area contributed by atoms with E-state index in [1.165, 1.54) is 12.4 Å². The van der Waals surface area contributed by atoms with E-state index in [0.717, 1.165) is 43.7 Å². The van der Waals surface area contributed by atoms with Crippen LogP contribution in [0.15, 0.2) is 24.8 Å². The molecule has 2 aliphatic heterocycles. The van der Waals surface area contributed by atoms with Crippen LogP contribution in [-0.2, 0) is 16.1 Å². The molecule has 1 amide bonds. The van der Waals surface area contributed by atoms with Gasteiger partial charge in [-0.15, -0.1) is 0 Å². The number of hydrogen-bond acceptors (Lipinski definition) is 8.